The molecule has 1 aliphatic carbocycles. The molecule has 0 radical (unpaired) electrons. The monoisotopic (exact) mass is 252 g/mol. The molecule has 98 valence electrons. The van der Waals surface area contributed by atoms with Crippen molar-refractivity contribution in [2.24, 2.45) is 5.10 Å². The number of hydrazone groups is 1. The predicted molar refractivity (Wildman–Crippen MR) is 63.6 cm³/mol. The fourth-order valence-electron chi connectivity index (χ4n) is 1.64. The summed E-state index contributed by atoms with van der Waals surface area (Å²) in [4.78, 5) is 35.6. The second-order valence-electron chi connectivity index (χ2n) is 4.60. The van der Waals surface area contributed by atoms with Crippen LogP contribution in [0.15, 0.2) is 5.10 Å². The first kappa shape index (κ1) is 12.5. The minimum absolute atomic E-state index is 0.0162. The molecule has 2 rings (SSSR count). The Morgan fingerprint density at radius 2 is 2.17 bits per heavy atom. The molecule has 1 saturated carbocycles. The fourth-order valence-corrected chi connectivity index (χ4v) is 1.64. The van der Waals surface area contributed by atoms with Crippen LogP contribution in [0.3, 0.4) is 0 Å². The zero-order valence-corrected chi connectivity index (χ0v) is 10.2. The first-order chi connectivity index (χ1) is 8.56. The number of carbonyl (C=O) groups excluding carboxylic acids is 3. The van der Waals surface area contributed by atoms with Crippen molar-refractivity contribution in [2.45, 2.75) is 31.7 Å². The van der Waals surface area contributed by atoms with E-state index in [1.807, 2.05) is 0 Å². The second kappa shape index (κ2) is 5.16. The number of hydrogen-bond donors (Lipinski definition) is 2. The van der Waals surface area contributed by atoms with Gasteiger partial charge in [-0.2, -0.15) is 5.10 Å². The zero-order valence-electron chi connectivity index (χ0n) is 10.2. The molecule has 0 aromatic heterocycles. The standard InChI is InChI=1S/C11H16N4O3/c1-15(6-10(17)12-7-2-3-7)11(18)8-4-5-9(16)14-13-8/h7H,2-6H2,1H3,(H,12,17)(H,14,16). The maximum atomic E-state index is 11.9. The molecule has 18 heavy (non-hydrogen) atoms. The molecule has 0 atom stereocenters. The number of likely N-dealkylation sites (N-methyl/N-ethyl adjacent to an activating group) is 1. The number of amides is 3. The highest BCUT2D eigenvalue weighted by Gasteiger charge is 2.26. The van der Waals surface area contributed by atoms with Crippen molar-refractivity contribution >= 4 is 23.4 Å². The fraction of sp³-hybridized carbons (Fsp3) is 0.636. The Bertz CT molecular complexity index is 415. The summed E-state index contributed by atoms with van der Waals surface area (Å²) in [6.07, 6.45) is 2.61. The summed E-state index contributed by atoms with van der Waals surface area (Å²) >= 11 is 0. The largest absolute Gasteiger partial charge is 0.352 e. The summed E-state index contributed by atoms with van der Waals surface area (Å²) < 4.78 is 0. The number of rotatable bonds is 4. The van der Waals surface area contributed by atoms with Crippen molar-refractivity contribution < 1.29 is 14.4 Å². The van der Waals surface area contributed by atoms with E-state index in [4.69, 9.17) is 0 Å². The summed E-state index contributed by atoms with van der Waals surface area (Å²) in [5.41, 5.74) is 2.55. The Balaban J connectivity index is 1.83. The Morgan fingerprint density at radius 3 is 2.72 bits per heavy atom. The molecule has 0 spiro atoms. The van der Waals surface area contributed by atoms with E-state index in [-0.39, 0.29) is 42.4 Å². The Labute approximate surface area is 105 Å². The lowest BCUT2D eigenvalue weighted by molar-refractivity contribution is -0.130. The van der Waals surface area contributed by atoms with Crippen molar-refractivity contribution in [3.63, 3.8) is 0 Å². The molecule has 0 saturated heterocycles. The maximum Gasteiger partial charge on any atom is 0.270 e. The lowest BCUT2D eigenvalue weighted by Crippen LogP contribution is -2.43. The normalized spacial score (nSPS) is 18.7. The molecular formula is C11H16N4O3. The van der Waals surface area contributed by atoms with Crippen molar-refractivity contribution in [1.82, 2.24) is 15.6 Å². The van der Waals surface area contributed by atoms with Crippen LogP contribution in [0.2, 0.25) is 0 Å². The van der Waals surface area contributed by atoms with Crippen LogP contribution < -0.4 is 10.7 Å². The highest BCUT2D eigenvalue weighted by atomic mass is 16.2. The topological polar surface area (TPSA) is 90.9 Å². The summed E-state index contributed by atoms with van der Waals surface area (Å²) in [5, 5.41) is 6.51. The molecule has 0 aromatic carbocycles. The van der Waals surface area contributed by atoms with Crippen LogP contribution in [0.1, 0.15) is 25.7 Å². The lowest BCUT2D eigenvalue weighted by atomic mass is 10.1. The van der Waals surface area contributed by atoms with Gasteiger partial charge in [0.25, 0.3) is 5.91 Å². The third kappa shape index (κ3) is 3.28. The molecule has 2 N–H and O–H groups in total. The average Bonchev–Trinajstić information content (AvgIpc) is 3.12. The Morgan fingerprint density at radius 1 is 1.44 bits per heavy atom. The van der Waals surface area contributed by atoms with Gasteiger partial charge in [-0.3, -0.25) is 14.4 Å². The summed E-state index contributed by atoms with van der Waals surface area (Å²) in [6.45, 7) is 0.0162. The van der Waals surface area contributed by atoms with Crippen molar-refractivity contribution in [3.8, 4) is 0 Å². The van der Waals surface area contributed by atoms with E-state index in [1.165, 1.54) is 4.90 Å². The summed E-state index contributed by atoms with van der Waals surface area (Å²) in [6, 6.07) is 0.285. The van der Waals surface area contributed by atoms with Gasteiger partial charge in [0.05, 0.1) is 6.54 Å². The maximum absolute atomic E-state index is 11.9. The number of hydrogen-bond acceptors (Lipinski definition) is 4. The minimum atomic E-state index is -0.319. The van der Waals surface area contributed by atoms with E-state index < -0.39 is 0 Å². The number of nitrogens with one attached hydrogen (secondary N) is 2. The van der Waals surface area contributed by atoms with Gasteiger partial charge in [-0.1, -0.05) is 0 Å². The Hall–Kier alpha value is -1.92. The van der Waals surface area contributed by atoms with Crippen LogP contribution in [0, 0.1) is 0 Å². The molecule has 3 amide bonds. The van der Waals surface area contributed by atoms with Crippen LogP contribution in [0.4, 0.5) is 0 Å². The van der Waals surface area contributed by atoms with E-state index in [0.29, 0.717) is 6.42 Å². The van der Waals surface area contributed by atoms with E-state index in [9.17, 15) is 14.4 Å². The third-order valence-corrected chi connectivity index (χ3v) is 2.82. The molecule has 2 aliphatic rings. The van der Waals surface area contributed by atoms with Gasteiger partial charge in [0.2, 0.25) is 11.8 Å². The molecule has 0 bridgehead atoms. The molecule has 0 unspecified atom stereocenters. The average molecular weight is 252 g/mol. The van der Waals surface area contributed by atoms with Crippen LogP contribution in [0.25, 0.3) is 0 Å². The number of nitrogens with zero attached hydrogens (tertiary/aromatic N) is 2. The van der Waals surface area contributed by atoms with Gasteiger partial charge < -0.3 is 10.2 Å². The van der Waals surface area contributed by atoms with Gasteiger partial charge in [0.15, 0.2) is 0 Å². The van der Waals surface area contributed by atoms with E-state index in [1.54, 1.807) is 7.05 Å². The molecule has 7 heteroatoms. The highest BCUT2D eigenvalue weighted by molar-refractivity contribution is 6.39. The van der Waals surface area contributed by atoms with E-state index >= 15 is 0 Å². The van der Waals surface area contributed by atoms with Gasteiger partial charge in [0, 0.05) is 25.9 Å². The molecule has 1 heterocycles. The molecule has 1 fully saturated rings. The third-order valence-electron chi connectivity index (χ3n) is 2.82. The SMILES string of the molecule is CN(CC(=O)NC1CC1)C(=O)C1=NNC(=O)CC1. The quantitative estimate of drug-likeness (QED) is 0.671. The van der Waals surface area contributed by atoms with Gasteiger partial charge in [-0.15, -0.1) is 0 Å². The van der Waals surface area contributed by atoms with E-state index in [0.717, 1.165) is 12.8 Å². The van der Waals surface area contributed by atoms with Crippen LogP contribution in [0.5, 0.6) is 0 Å². The Kier molecular flexibility index (Phi) is 3.59. The van der Waals surface area contributed by atoms with Crippen molar-refractivity contribution in [3.05, 3.63) is 0 Å². The second-order valence-corrected chi connectivity index (χ2v) is 4.60. The van der Waals surface area contributed by atoms with Crippen LogP contribution in [-0.2, 0) is 14.4 Å². The summed E-state index contributed by atoms with van der Waals surface area (Å²) in [7, 11) is 1.55. The predicted octanol–water partition coefficient (Wildman–Crippen LogP) is -1.01. The molecule has 0 aromatic rings. The molecule has 7 nitrogen and oxygen atoms in total. The lowest BCUT2D eigenvalue weighted by Gasteiger charge is -2.19. The first-order valence-electron chi connectivity index (χ1n) is 5.96. The van der Waals surface area contributed by atoms with Gasteiger partial charge >= 0.3 is 0 Å². The smallest absolute Gasteiger partial charge is 0.270 e. The number of carbonyl (C=O) groups is 3. The molecule has 1 aliphatic heterocycles. The highest BCUT2D eigenvalue weighted by Crippen LogP contribution is 2.18. The van der Waals surface area contributed by atoms with Gasteiger partial charge in [-0.05, 0) is 12.8 Å². The van der Waals surface area contributed by atoms with Crippen LogP contribution >= 0.6 is 0 Å². The first-order valence-corrected chi connectivity index (χ1v) is 5.96. The van der Waals surface area contributed by atoms with Gasteiger partial charge in [-0.25, -0.2) is 5.43 Å². The van der Waals surface area contributed by atoms with Crippen molar-refractivity contribution in [1.29, 1.82) is 0 Å². The van der Waals surface area contributed by atoms with E-state index in [2.05, 4.69) is 15.8 Å². The minimum Gasteiger partial charge on any atom is -0.352 e. The van der Waals surface area contributed by atoms with Crippen LogP contribution in [-0.4, -0.2) is 48.0 Å². The summed E-state index contributed by atoms with van der Waals surface area (Å²) in [5.74, 6) is -0.671. The van der Waals surface area contributed by atoms with Crippen molar-refractivity contribution in [2.75, 3.05) is 13.6 Å². The van der Waals surface area contributed by atoms with Gasteiger partial charge in [0.1, 0.15) is 5.71 Å². The molecular weight excluding hydrogens is 236 g/mol. The zero-order chi connectivity index (χ0) is 13.1.